The number of fused-ring (bicyclic) bond motifs is 3. The Bertz CT molecular complexity index is 836. The summed E-state index contributed by atoms with van der Waals surface area (Å²) in [6.45, 7) is 0.210. The Hall–Kier alpha value is -0.394. The molecular weight excluding hydrogens is 432 g/mol. The molecular formula is C15H11BrF3KN2O3. The number of carbonyl (C=O) groups excluding carboxylic acids is 1. The van der Waals surface area contributed by atoms with Gasteiger partial charge in [0.05, 0.1) is 29.4 Å². The van der Waals surface area contributed by atoms with Crippen LogP contribution in [-0.4, -0.2) is 28.8 Å². The van der Waals surface area contributed by atoms with Crippen LogP contribution >= 0.6 is 15.9 Å². The second-order valence-corrected chi connectivity index (χ2v) is 6.21. The molecule has 5 nitrogen and oxygen atoms in total. The van der Waals surface area contributed by atoms with Crippen LogP contribution in [0.3, 0.4) is 0 Å². The minimum atomic E-state index is -4.50. The van der Waals surface area contributed by atoms with Gasteiger partial charge in [0.15, 0.2) is 5.82 Å². The maximum atomic E-state index is 12.9. The zero-order chi connectivity index (χ0) is 17.6. The number of benzene rings is 1. The largest absolute Gasteiger partial charge is 1.00 e. The number of carboxylic acids is 1. The predicted octanol–water partition coefficient (Wildman–Crippen LogP) is -0.650. The quantitative estimate of drug-likeness (QED) is 0.592. The van der Waals surface area contributed by atoms with Crippen molar-refractivity contribution in [3.8, 4) is 17.0 Å². The first-order chi connectivity index (χ1) is 11.2. The Kier molecular flexibility index (Phi) is 6.43. The van der Waals surface area contributed by atoms with E-state index in [1.54, 1.807) is 12.1 Å². The minimum absolute atomic E-state index is 0. The number of carboxylic acid groups (broad SMARTS) is 1. The van der Waals surface area contributed by atoms with E-state index in [0.717, 1.165) is 5.56 Å². The van der Waals surface area contributed by atoms with Gasteiger partial charge in [-0.15, -0.1) is 0 Å². The van der Waals surface area contributed by atoms with Gasteiger partial charge in [-0.2, -0.15) is 13.2 Å². The number of aromatic nitrogens is 2. The van der Waals surface area contributed by atoms with Gasteiger partial charge in [-0.3, -0.25) is 0 Å². The molecule has 0 spiro atoms. The number of imidazole rings is 1. The van der Waals surface area contributed by atoms with Crippen LogP contribution in [0.25, 0.3) is 11.3 Å². The molecule has 0 saturated carbocycles. The molecule has 0 bridgehead atoms. The molecule has 0 N–H and O–H groups in total. The molecule has 0 saturated heterocycles. The summed E-state index contributed by atoms with van der Waals surface area (Å²) in [7, 11) is 1.49. The first kappa shape index (κ1) is 20.9. The summed E-state index contributed by atoms with van der Waals surface area (Å²) in [5.41, 5.74) is 1.12. The number of methoxy groups -OCH3 is 1. The first-order valence-electron chi connectivity index (χ1n) is 6.95. The smallest absolute Gasteiger partial charge is 0.542 e. The van der Waals surface area contributed by atoms with Crippen LogP contribution in [0.1, 0.15) is 21.9 Å². The third-order valence-electron chi connectivity index (χ3n) is 3.83. The van der Waals surface area contributed by atoms with Crippen molar-refractivity contribution in [1.82, 2.24) is 9.55 Å². The van der Waals surface area contributed by atoms with E-state index >= 15 is 0 Å². The van der Waals surface area contributed by atoms with Crippen molar-refractivity contribution in [2.24, 2.45) is 0 Å². The summed E-state index contributed by atoms with van der Waals surface area (Å²) in [5, 5.41) is 11.2. The number of hydrogen-bond donors (Lipinski definition) is 0. The van der Waals surface area contributed by atoms with Crippen molar-refractivity contribution < 1.29 is 79.2 Å². The first-order valence-corrected chi connectivity index (χ1v) is 7.75. The van der Waals surface area contributed by atoms with Gasteiger partial charge < -0.3 is 19.2 Å². The molecule has 3 rings (SSSR count). The predicted molar refractivity (Wildman–Crippen MR) is 79.7 cm³/mol. The molecule has 0 fully saturated rings. The standard InChI is InChI=1S/C15H12BrF3N2O3.K/c1-24-11-4-7-2-3-21-12(8(7)5-9(11)16)10(6-15(17,18)19)20-13(21)14(22)23;/h4-5H,2-3,6H2,1H3,(H,22,23);/q;+1/p-1. The maximum Gasteiger partial charge on any atom is 1.00 e. The SMILES string of the molecule is COc1cc2c(cc1Br)-c1c(CC(F)(F)F)nc(C(=O)[O-])n1CC2.[K+]. The van der Waals surface area contributed by atoms with E-state index in [1.165, 1.54) is 11.7 Å². The van der Waals surface area contributed by atoms with Gasteiger partial charge in [-0.25, -0.2) is 4.98 Å². The van der Waals surface area contributed by atoms with Gasteiger partial charge in [0.1, 0.15) is 11.7 Å². The molecule has 2 aromatic rings. The van der Waals surface area contributed by atoms with Gasteiger partial charge in [-0.1, -0.05) is 0 Å². The van der Waals surface area contributed by atoms with Gasteiger partial charge in [0, 0.05) is 12.1 Å². The second kappa shape index (κ2) is 7.69. The van der Waals surface area contributed by atoms with Crippen molar-refractivity contribution >= 4 is 21.9 Å². The molecule has 25 heavy (non-hydrogen) atoms. The van der Waals surface area contributed by atoms with Crippen LogP contribution in [0.15, 0.2) is 16.6 Å². The summed E-state index contributed by atoms with van der Waals surface area (Å²) >= 11 is 3.30. The monoisotopic (exact) mass is 442 g/mol. The third-order valence-corrected chi connectivity index (χ3v) is 4.45. The number of nitrogens with zero attached hydrogens (tertiary/aromatic N) is 2. The summed E-state index contributed by atoms with van der Waals surface area (Å²) in [6, 6.07) is 3.35. The molecule has 0 aliphatic carbocycles. The number of halogens is 4. The van der Waals surface area contributed by atoms with Crippen LogP contribution in [-0.2, 0) is 19.4 Å². The Morgan fingerprint density at radius 3 is 2.68 bits per heavy atom. The zero-order valence-electron chi connectivity index (χ0n) is 13.4. The normalized spacial score (nSPS) is 12.8. The number of ether oxygens (including phenoxy) is 1. The molecule has 0 radical (unpaired) electrons. The number of rotatable bonds is 3. The molecule has 1 aliphatic rings. The van der Waals surface area contributed by atoms with E-state index in [1.807, 2.05) is 0 Å². The van der Waals surface area contributed by atoms with E-state index in [4.69, 9.17) is 4.74 Å². The fourth-order valence-electron chi connectivity index (χ4n) is 2.90. The van der Waals surface area contributed by atoms with Crippen LogP contribution in [0, 0.1) is 0 Å². The minimum Gasteiger partial charge on any atom is -0.542 e. The molecule has 1 aliphatic heterocycles. The zero-order valence-corrected chi connectivity index (χ0v) is 18.1. The van der Waals surface area contributed by atoms with E-state index in [-0.39, 0.29) is 69.3 Å². The summed E-state index contributed by atoms with van der Waals surface area (Å²) in [4.78, 5) is 14.9. The van der Waals surface area contributed by atoms with E-state index in [0.29, 0.717) is 22.2 Å². The van der Waals surface area contributed by atoms with E-state index in [2.05, 4.69) is 20.9 Å². The van der Waals surface area contributed by atoms with Crippen molar-refractivity contribution in [2.75, 3.05) is 7.11 Å². The average Bonchev–Trinajstić information content (AvgIpc) is 2.84. The average molecular weight is 443 g/mol. The van der Waals surface area contributed by atoms with Crippen LogP contribution in [0.5, 0.6) is 5.75 Å². The molecule has 0 amide bonds. The number of hydrogen-bond acceptors (Lipinski definition) is 4. The van der Waals surface area contributed by atoms with Gasteiger partial charge in [0.2, 0.25) is 0 Å². The molecule has 2 heterocycles. The number of aryl methyl sites for hydroxylation is 1. The Balaban J connectivity index is 0.00000225. The fourth-order valence-corrected chi connectivity index (χ4v) is 3.41. The number of aromatic carboxylic acids is 1. The van der Waals surface area contributed by atoms with Crippen molar-refractivity contribution in [3.05, 3.63) is 33.7 Å². The third kappa shape index (κ3) is 4.14. The van der Waals surface area contributed by atoms with Gasteiger partial charge >= 0.3 is 57.6 Å². The summed E-state index contributed by atoms with van der Waals surface area (Å²) in [6.07, 6.45) is -5.35. The topological polar surface area (TPSA) is 67.2 Å². The molecule has 0 unspecified atom stereocenters. The Labute approximate surface area is 192 Å². The summed E-state index contributed by atoms with van der Waals surface area (Å²) in [5.74, 6) is -1.53. The Morgan fingerprint density at radius 1 is 1.44 bits per heavy atom. The van der Waals surface area contributed by atoms with Crippen molar-refractivity contribution in [1.29, 1.82) is 0 Å². The van der Waals surface area contributed by atoms with Crippen molar-refractivity contribution in [3.63, 3.8) is 0 Å². The second-order valence-electron chi connectivity index (χ2n) is 5.36. The summed E-state index contributed by atoms with van der Waals surface area (Å²) < 4.78 is 45.6. The molecule has 1 aromatic heterocycles. The molecule has 128 valence electrons. The van der Waals surface area contributed by atoms with Crippen LogP contribution < -0.4 is 61.2 Å². The Morgan fingerprint density at radius 2 is 2.12 bits per heavy atom. The van der Waals surface area contributed by atoms with Crippen molar-refractivity contribution in [2.45, 2.75) is 25.6 Å². The van der Waals surface area contributed by atoms with Crippen LogP contribution in [0.2, 0.25) is 0 Å². The van der Waals surface area contributed by atoms with E-state index < -0.39 is 24.4 Å². The molecule has 10 heteroatoms. The molecule has 1 aromatic carbocycles. The van der Waals surface area contributed by atoms with Gasteiger partial charge in [-0.05, 0) is 40.0 Å². The van der Waals surface area contributed by atoms with E-state index in [9.17, 15) is 23.1 Å². The van der Waals surface area contributed by atoms with Gasteiger partial charge in [0.25, 0.3) is 0 Å². The van der Waals surface area contributed by atoms with Crippen LogP contribution in [0.4, 0.5) is 13.2 Å². The number of alkyl halides is 3. The maximum absolute atomic E-state index is 12.9. The molecule has 0 atom stereocenters. The number of carbonyl (C=O) groups is 1. The fraction of sp³-hybridized carbons (Fsp3) is 0.333.